The lowest BCUT2D eigenvalue weighted by atomic mass is 9.64. The summed E-state index contributed by atoms with van der Waals surface area (Å²) in [5.74, 6) is -1.89. The molecule has 0 aromatic heterocycles. The number of hydrogen-bond donors (Lipinski definition) is 0. The van der Waals surface area contributed by atoms with Crippen molar-refractivity contribution < 1.29 is 27.4 Å². The average Bonchev–Trinajstić information content (AvgIpc) is 2.82. The second-order valence-electron chi connectivity index (χ2n) is 9.27. The maximum absolute atomic E-state index is 15.0. The Morgan fingerprint density at radius 1 is 0.941 bits per heavy atom. The van der Waals surface area contributed by atoms with Gasteiger partial charge in [0.2, 0.25) is 0 Å². The summed E-state index contributed by atoms with van der Waals surface area (Å²) in [7, 11) is 0. The average molecular weight is 471 g/mol. The largest absolute Gasteiger partial charge is 0.486 e. The fraction of sp³-hybridized carbons (Fsp3) is 0.393. The Labute approximate surface area is 198 Å². The minimum atomic E-state index is -0.963. The van der Waals surface area contributed by atoms with Gasteiger partial charge in [-0.05, 0) is 86.5 Å². The first-order valence-electron chi connectivity index (χ1n) is 11.8. The molecular formula is C28H29F3O3. The van der Waals surface area contributed by atoms with Gasteiger partial charge in [0, 0.05) is 11.6 Å². The van der Waals surface area contributed by atoms with E-state index in [4.69, 9.17) is 9.47 Å². The van der Waals surface area contributed by atoms with Crippen LogP contribution in [0, 0.1) is 35.2 Å². The van der Waals surface area contributed by atoms with Crippen molar-refractivity contribution in [1.29, 1.82) is 0 Å². The Morgan fingerprint density at radius 3 is 2.32 bits per heavy atom. The molecule has 0 bridgehead atoms. The maximum Gasteiger partial charge on any atom is 0.343 e. The molecule has 2 aliphatic rings. The van der Waals surface area contributed by atoms with E-state index in [1.54, 1.807) is 0 Å². The smallest absolute Gasteiger partial charge is 0.343 e. The summed E-state index contributed by atoms with van der Waals surface area (Å²) in [6, 6.07) is 5.67. The van der Waals surface area contributed by atoms with Crippen molar-refractivity contribution in [2.24, 2.45) is 17.8 Å². The Kier molecular flexibility index (Phi) is 7.44. The molecule has 4 unspecified atom stereocenters. The normalized spacial score (nSPS) is 24.1. The first-order chi connectivity index (χ1) is 16.4. The van der Waals surface area contributed by atoms with Crippen molar-refractivity contribution in [2.45, 2.75) is 44.4 Å². The second kappa shape index (κ2) is 10.5. The van der Waals surface area contributed by atoms with Gasteiger partial charge in [0.1, 0.15) is 24.0 Å². The van der Waals surface area contributed by atoms with E-state index in [1.807, 2.05) is 6.08 Å². The number of hydrogen-bond acceptors (Lipinski definition) is 3. The molecule has 0 heterocycles. The third kappa shape index (κ3) is 5.21. The van der Waals surface area contributed by atoms with Crippen molar-refractivity contribution in [2.75, 3.05) is 6.61 Å². The van der Waals surface area contributed by atoms with E-state index in [0.717, 1.165) is 56.7 Å². The van der Waals surface area contributed by atoms with Crippen LogP contribution in [-0.2, 0) is 0 Å². The monoisotopic (exact) mass is 470 g/mol. The van der Waals surface area contributed by atoms with Gasteiger partial charge in [-0.1, -0.05) is 18.7 Å². The van der Waals surface area contributed by atoms with Crippen molar-refractivity contribution >= 4 is 5.97 Å². The van der Waals surface area contributed by atoms with Crippen LogP contribution in [0.15, 0.2) is 55.6 Å². The molecule has 0 saturated heterocycles. The molecule has 4 rings (SSSR count). The van der Waals surface area contributed by atoms with Crippen molar-refractivity contribution in [1.82, 2.24) is 0 Å². The predicted octanol–water partition coefficient (Wildman–Crippen LogP) is 7.37. The quantitative estimate of drug-likeness (QED) is 0.241. The summed E-state index contributed by atoms with van der Waals surface area (Å²) in [5.41, 5.74) is -0.207. The van der Waals surface area contributed by atoms with Gasteiger partial charge in [-0.2, -0.15) is 0 Å². The number of benzene rings is 2. The van der Waals surface area contributed by atoms with Crippen LogP contribution in [0.25, 0.3) is 0 Å². The van der Waals surface area contributed by atoms with Gasteiger partial charge in [-0.3, -0.25) is 0 Å². The van der Waals surface area contributed by atoms with Gasteiger partial charge in [0.15, 0.2) is 11.6 Å². The van der Waals surface area contributed by atoms with E-state index < -0.39 is 23.4 Å². The molecule has 2 saturated carbocycles. The molecule has 34 heavy (non-hydrogen) atoms. The summed E-state index contributed by atoms with van der Waals surface area (Å²) in [6.45, 7) is 7.52. The molecule has 2 fully saturated rings. The van der Waals surface area contributed by atoms with Crippen LogP contribution in [0.5, 0.6) is 11.5 Å². The SMILES string of the molecule is C=CCOc1ccc(OC(=O)c2cc(F)c(C3CCC4CC(C=C)CCC4C3)c(F)c2)cc1F. The number of rotatable bonds is 7. The summed E-state index contributed by atoms with van der Waals surface area (Å²) < 4.78 is 54.4. The van der Waals surface area contributed by atoms with Crippen LogP contribution in [0.3, 0.4) is 0 Å². The zero-order valence-electron chi connectivity index (χ0n) is 19.1. The molecule has 2 aromatic rings. The number of halogens is 3. The summed E-state index contributed by atoms with van der Waals surface area (Å²) in [5, 5.41) is 0. The molecule has 0 amide bonds. The number of fused-ring (bicyclic) bond motifs is 1. The highest BCUT2D eigenvalue weighted by Gasteiger charge is 2.37. The van der Waals surface area contributed by atoms with Crippen molar-refractivity contribution in [3.63, 3.8) is 0 Å². The van der Waals surface area contributed by atoms with Crippen LogP contribution >= 0.6 is 0 Å². The first-order valence-corrected chi connectivity index (χ1v) is 11.8. The van der Waals surface area contributed by atoms with Gasteiger partial charge in [-0.15, -0.1) is 6.58 Å². The van der Waals surface area contributed by atoms with E-state index >= 15 is 8.78 Å². The van der Waals surface area contributed by atoms with E-state index in [0.29, 0.717) is 17.8 Å². The second-order valence-corrected chi connectivity index (χ2v) is 9.27. The van der Waals surface area contributed by atoms with Crippen molar-refractivity contribution in [3.8, 4) is 11.5 Å². The Balaban J connectivity index is 1.45. The summed E-state index contributed by atoms with van der Waals surface area (Å²) in [6.07, 6.45) is 9.17. The number of allylic oxidation sites excluding steroid dienone is 1. The van der Waals surface area contributed by atoms with Gasteiger partial charge in [0.05, 0.1) is 5.56 Å². The molecule has 2 aliphatic carbocycles. The van der Waals surface area contributed by atoms with Gasteiger partial charge >= 0.3 is 5.97 Å². The van der Waals surface area contributed by atoms with Gasteiger partial charge < -0.3 is 9.47 Å². The van der Waals surface area contributed by atoms with E-state index in [1.165, 1.54) is 18.2 Å². The van der Waals surface area contributed by atoms with Crippen LogP contribution in [0.1, 0.15) is 60.4 Å². The zero-order valence-corrected chi connectivity index (χ0v) is 19.1. The minimum Gasteiger partial charge on any atom is -0.486 e. The number of carbonyl (C=O) groups excluding carboxylic acids is 1. The lowest BCUT2D eigenvalue weighted by molar-refractivity contribution is 0.0732. The lowest BCUT2D eigenvalue weighted by Crippen LogP contribution is -2.30. The topological polar surface area (TPSA) is 35.5 Å². The van der Waals surface area contributed by atoms with Crippen LogP contribution in [-0.4, -0.2) is 12.6 Å². The number of carbonyl (C=O) groups is 1. The fourth-order valence-corrected chi connectivity index (χ4v) is 5.47. The van der Waals surface area contributed by atoms with Crippen LogP contribution in [0.4, 0.5) is 13.2 Å². The fourth-order valence-electron chi connectivity index (χ4n) is 5.47. The minimum absolute atomic E-state index is 0.0196. The predicted molar refractivity (Wildman–Crippen MR) is 125 cm³/mol. The van der Waals surface area contributed by atoms with Crippen molar-refractivity contribution in [3.05, 3.63) is 84.2 Å². The van der Waals surface area contributed by atoms with E-state index in [-0.39, 0.29) is 35.2 Å². The number of ether oxygens (including phenoxy) is 2. The third-order valence-corrected chi connectivity index (χ3v) is 7.18. The first kappa shape index (κ1) is 24.1. The molecular weight excluding hydrogens is 441 g/mol. The molecule has 0 spiro atoms. The third-order valence-electron chi connectivity index (χ3n) is 7.18. The number of esters is 1. The molecule has 180 valence electrons. The molecule has 6 heteroatoms. The lowest BCUT2D eigenvalue weighted by Gasteiger charge is -2.41. The van der Waals surface area contributed by atoms with Gasteiger partial charge in [0.25, 0.3) is 0 Å². The molecule has 0 radical (unpaired) electrons. The highest BCUT2D eigenvalue weighted by atomic mass is 19.1. The molecule has 2 aromatic carbocycles. The Bertz CT molecular complexity index is 1060. The summed E-state index contributed by atoms with van der Waals surface area (Å²) >= 11 is 0. The van der Waals surface area contributed by atoms with E-state index in [2.05, 4.69) is 13.2 Å². The van der Waals surface area contributed by atoms with Crippen LogP contribution < -0.4 is 9.47 Å². The molecule has 0 aliphatic heterocycles. The molecule has 0 N–H and O–H groups in total. The van der Waals surface area contributed by atoms with E-state index in [9.17, 15) is 9.18 Å². The molecule has 4 atom stereocenters. The zero-order chi connectivity index (χ0) is 24.2. The standard InChI is InChI=1S/C28H29F3O3/c1-3-11-33-26-10-9-22(16-23(26)29)34-28(32)21-14-24(30)27(25(31)15-21)20-8-7-18-12-17(4-2)5-6-19(18)13-20/h3-4,9-10,14-20H,1-2,5-8,11-13H2. The summed E-state index contributed by atoms with van der Waals surface area (Å²) in [4.78, 5) is 12.5. The van der Waals surface area contributed by atoms with Crippen LogP contribution in [0.2, 0.25) is 0 Å². The maximum atomic E-state index is 15.0. The highest BCUT2D eigenvalue weighted by molar-refractivity contribution is 5.91. The Morgan fingerprint density at radius 2 is 1.65 bits per heavy atom. The Hall–Kier alpha value is -3.02. The highest BCUT2D eigenvalue weighted by Crippen LogP contribution is 2.48. The molecule has 3 nitrogen and oxygen atoms in total. The van der Waals surface area contributed by atoms with Gasteiger partial charge in [-0.25, -0.2) is 18.0 Å².